The Morgan fingerprint density at radius 2 is 2.25 bits per heavy atom. The fourth-order valence-corrected chi connectivity index (χ4v) is 1.01. The first-order valence-corrected chi connectivity index (χ1v) is 3.67. The summed E-state index contributed by atoms with van der Waals surface area (Å²) in [5, 5.41) is 0. The molecule has 2 heterocycles. The predicted molar refractivity (Wildman–Crippen MR) is 45.3 cm³/mol. The van der Waals surface area contributed by atoms with Gasteiger partial charge in [0.25, 0.3) is 0 Å². The first-order valence-electron chi connectivity index (χ1n) is 3.67. The maximum atomic E-state index is 4.17. The first kappa shape index (κ1) is 7.03. The van der Waals surface area contributed by atoms with Gasteiger partial charge in [-0.05, 0) is 18.2 Å². The molecule has 12 heavy (non-hydrogen) atoms. The van der Waals surface area contributed by atoms with E-state index in [1.54, 1.807) is 18.6 Å². The van der Waals surface area contributed by atoms with Gasteiger partial charge in [0.1, 0.15) is 5.69 Å². The van der Waals surface area contributed by atoms with Crippen LogP contribution in [0.2, 0.25) is 0 Å². The van der Waals surface area contributed by atoms with E-state index >= 15 is 0 Å². The molecule has 0 amide bonds. The molecular weight excluding hydrogens is 150 g/mol. The standard InChI is InChI=1S/C9H8N3/c1-12-6-9(11-7-12)8-4-2-3-5-10-8/h3-7H,1H3. The zero-order chi connectivity index (χ0) is 8.39. The molecule has 0 fully saturated rings. The molecule has 3 heteroatoms. The summed E-state index contributed by atoms with van der Waals surface area (Å²) in [5.74, 6) is 0. The molecule has 0 aliphatic carbocycles. The Morgan fingerprint density at radius 1 is 1.33 bits per heavy atom. The van der Waals surface area contributed by atoms with Gasteiger partial charge < -0.3 is 4.57 Å². The summed E-state index contributed by atoms with van der Waals surface area (Å²) in [6, 6.07) is 6.55. The topological polar surface area (TPSA) is 30.7 Å². The molecule has 2 rings (SSSR count). The van der Waals surface area contributed by atoms with Crippen LogP contribution in [-0.2, 0) is 7.05 Å². The summed E-state index contributed by atoms with van der Waals surface area (Å²) in [4.78, 5) is 8.32. The lowest BCUT2D eigenvalue weighted by atomic mass is 10.3. The van der Waals surface area contributed by atoms with E-state index in [1.807, 2.05) is 23.9 Å². The molecular formula is C9H8N3. The predicted octanol–water partition coefficient (Wildman–Crippen LogP) is 1.28. The van der Waals surface area contributed by atoms with Gasteiger partial charge in [-0.15, -0.1) is 0 Å². The first-order chi connectivity index (χ1) is 5.86. The Labute approximate surface area is 70.7 Å². The monoisotopic (exact) mass is 158 g/mol. The SMILES string of the molecule is Cn1cnc(-c2c[c]ccn2)c1. The highest BCUT2D eigenvalue weighted by Gasteiger charge is 1.99. The van der Waals surface area contributed by atoms with Gasteiger partial charge in [0.2, 0.25) is 0 Å². The lowest BCUT2D eigenvalue weighted by Crippen LogP contribution is -1.81. The van der Waals surface area contributed by atoms with Crippen LogP contribution in [0.15, 0.2) is 30.9 Å². The zero-order valence-corrected chi connectivity index (χ0v) is 6.73. The number of pyridine rings is 1. The van der Waals surface area contributed by atoms with E-state index < -0.39 is 0 Å². The molecule has 3 nitrogen and oxygen atoms in total. The molecule has 0 saturated carbocycles. The van der Waals surface area contributed by atoms with Crippen molar-refractivity contribution in [2.24, 2.45) is 7.05 Å². The summed E-state index contributed by atoms with van der Waals surface area (Å²) in [6.07, 6.45) is 5.39. The Balaban J connectivity index is 2.45. The third-order valence-electron chi connectivity index (χ3n) is 1.57. The van der Waals surface area contributed by atoms with Crippen molar-refractivity contribution in [1.82, 2.24) is 14.5 Å². The third-order valence-corrected chi connectivity index (χ3v) is 1.57. The van der Waals surface area contributed by atoms with Gasteiger partial charge in [0.05, 0.1) is 12.0 Å². The van der Waals surface area contributed by atoms with Crippen LogP contribution in [-0.4, -0.2) is 14.5 Å². The number of rotatable bonds is 1. The van der Waals surface area contributed by atoms with Crippen molar-refractivity contribution in [1.29, 1.82) is 0 Å². The molecule has 0 N–H and O–H groups in total. The molecule has 0 unspecified atom stereocenters. The molecule has 0 aliphatic heterocycles. The Hall–Kier alpha value is -1.64. The minimum Gasteiger partial charge on any atom is -0.340 e. The number of hydrogen-bond acceptors (Lipinski definition) is 2. The van der Waals surface area contributed by atoms with Crippen molar-refractivity contribution >= 4 is 0 Å². The summed E-state index contributed by atoms with van der Waals surface area (Å²) in [7, 11) is 1.93. The molecule has 0 spiro atoms. The van der Waals surface area contributed by atoms with Crippen LogP contribution in [0.5, 0.6) is 0 Å². The highest BCUT2D eigenvalue weighted by atomic mass is 15.0. The van der Waals surface area contributed by atoms with E-state index in [1.165, 1.54) is 0 Å². The minimum absolute atomic E-state index is 0.859. The van der Waals surface area contributed by atoms with Crippen LogP contribution in [0, 0.1) is 6.07 Å². The van der Waals surface area contributed by atoms with Crippen LogP contribution in [0.4, 0.5) is 0 Å². The average molecular weight is 158 g/mol. The number of aromatic nitrogens is 3. The fourth-order valence-electron chi connectivity index (χ4n) is 1.01. The van der Waals surface area contributed by atoms with Crippen molar-refractivity contribution in [2.45, 2.75) is 0 Å². The van der Waals surface area contributed by atoms with Crippen LogP contribution in [0.1, 0.15) is 0 Å². The second-order valence-electron chi connectivity index (χ2n) is 2.57. The largest absolute Gasteiger partial charge is 0.340 e. The van der Waals surface area contributed by atoms with Crippen LogP contribution < -0.4 is 0 Å². The second-order valence-corrected chi connectivity index (χ2v) is 2.57. The number of hydrogen-bond donors (Lipinski definition) is 0. The minimum atomic E-state index is 0.859. The molecule has 0 bridgehead atoms. The molecule has 59 valence electrons. The zero-order valence-electron chi connectivity index (χ0n) is 6.73. The molecule has 0 aliphatic rings. The number of aryl methyl sites for hydroxylation is 1. The van der Waals surface area contributed by atoms with Gasteiger partial charge in [-0.3, -0.25) is 4.98 Å². The van der Waals surface area contributed by atoms with Crippen LogP contribution in [0.25, 0.3) is 11.4 Å². The summed E-state index contributed by atoms with van der Waals surface area (Å²) in [6.45, 7) is 0. The van der Waals surface area contributed by atoms with E-state index in [-0.39, 0.29) is 0 Å². The van der Waals surface area contributed by atoms with Gasteiger partial charge in [-0.1, -0.05) is 0 Å². The van der Waals surface area contributed by atoms with E-state index in [2.05, 4.69) is 16.0 Å². The second kappa shape index (κ2) is 2.77. The van der Waals surface area contributed by atoms with Gasteiger partial charge in [-0.25, -0.2) is 4.98 Å². The number of nitrogens with zero attached hydrogens (tertiary/aromatic N) is 3. The average Bonchev–Trinajstić information content (AvgIpc) is 2.54. The van der Waals surface area contributed by atoms with E-state index in [9.17, 15) is 0 Å². The maximum absolute atomic E-state index is 4.17. The maximum Gasteiger partial charge on any atom is 0.107 e. The molecule has 0 aromatic carbocycles. The van der Waals surface area contributed by atoms with Gasteiger partial charge in [0, 0.05) is 19.4 Å². The number of imidazole rings is 1. The van der Waals surface area contributed by atoms with Crippen molar-refractivity contribution in [3.05, 3.63) is 36.9 Å². The van der Waals surface area contributed by atoms with Gasteiger partial charge in [0.15, 0.2) is 0 Å². The van der Waals surface area contributed by atoms with Crippen molar-refractivity contribution in [3.63, 3.8) is 0 Å². The molecule has 0 atom stereocenters. The molecule has 1 radical (unpaired) electrons. The normalized spacial score (nSPS) is 10.1. The van der Waals surface area contributed by atoms with Gasteiger partial charge in [-0.2, -0.15) is 0 Å². The van der Waals surface area contributed by atoms with Crippen LogP contribution >= 0.6 is 0 Å². The lowest BCUT2D eigenvalue weighted by molar-refractivity contribution is 0.913. The Morgan fingerprint density at radius 3 is 2.83 bits per heavy atom. The van der Waals surface area contributed by atoms with Crippen molar-refractivity contribution < 1.29 is 0 Å². The highest BCUT2D eigenvalue weighted by Crippen LogP contribution is 2.11. The Bertz CT molecular complexity index is 364. The summed E-state index contributed by atoms with van der Waals surface area (Å²) in [5.41, 5.74) is 1.74. The molecule has 2 aromatic heterocycles. The van der Waals surface area contributed by atoms with E-state index in [4.69, 9.17) is 0 Å². The Kier molecular flexibility index (Phi) is 1.63. The van der Waals surface area contributed by atoms with Gasteiger partial charge >= 0.3 is 0 Å². The summed E-state index contributed by atoms with van der Waals surface area (Å²) < 4.78 is 1.89. The van der Waals surface area contributed by atoms with Crippen molar-refractivity contribution in [2.75, 3.05) is 0 Å². The molecule has 0 saturated heterocycles. The van der Waals surface area contributed by atoms with Crippen molar-refractivity contribution in [3.8, 4) is 11.4 Å². The van der Waals surface area contributed by atoms with E-state index in [0.717, 1.165) is 11.4 Å². The summed E-state index contributed by atoms with van der Waals surface area (Å²) >= 11 is 0. The quantitative estimate of drug-likeness (QED) is 0.626. The smallest absolute Gasteiger partial charge is 0.107 e. The molecule has 2 aromatic rings. The van der Waals surface area contributed by atoms with Crippen LogP contribution in [0.3, 0.4) is 0 Å². The highest BCUT2D eigenvalue weighted by molar-refractivity contribution is 5.51. The fraction of sp³-hybridized carbons (Fsp3) is 0.111. The van der Waals surface area contributed by atoms with E-state index in [0.29, 0.717) is 0 Å². The lowest BCUT2D eigenvalue weighted by Gasteiger charge is -1.91. The third kappa shape index (κ3) is 1.21.